The molecule has 0 atom stereocenters. The molecule has 2 aromatic rings. The third kappa shape index (κ3) is 3.69. The van der Waals surface area contributed by atoms with E-state index in [9.17, 15) is 9.59 Å². The van der Waals surface area contributed by atoms with Crippen molar-refractivity contribution in [2.75, 3.05) is 5.32 Å². The average molecular weight is 324 g/mol. The number of furan rings is 1. The SMILES string of the molecule is CC(=O)Oc1cccc(NC(=O)c2ccc(Br)o2)c1. The van der Waals surface area contributed by atoms with Gasteiger partial charge < -0.3 is 14.5 Å². The van der Waals surface area contributed by atoms with Gasteiger partial charge in [-0.15, -0.1) is 0 Å². The van der Waals surface area contributed by atoms with Gasteiger partial charge in [-0.2, -0.15) is 0 Å². The molecule has 1 aromatic heterocycles. The Hall–Kier alpha value is -2.08. The number of benzene rings is 1. The Morgan fingerprint density at radius 1 is 1.26 bits per heavy atom. The van der Waals surface area contributed by atoms with E-state index in [1.807, 2.05) is 0 Å². The van der Waals surface area contributed by atoms with Crippen molar-refractivity contribution in [3.05, 3.63) is 46.8 Å². The van der Waals surface area contributed by atoms with Gasteiger partial charge in [0.25, 0.3) is 5.91 Å². The van der Waals surface area contributed by atoms with Crippen molar-refractivity contribution in [2.45, 2.75) is 6.92 Å². The highest BCUT2D eigenvalue weighted by Gasteiger charge is 2.11. The number of rotatable bonds is 3. The molecule has 1 N–H and O–H groups in total. The zero-order valence-electron chi connectivity index (χ0n) is 9.98. The van der Waals surface area contributed by atoms with Gasteiger partial charge >= 0.3 is 5.97 Å². The van der Waals surface area contributed by atoms with E-state index in [2.05, 4.69) is 21.2 Å². The summed E-state index contributed by atoms with van der Waals surface area (Å²) in [5.74, 6) is -0.250. The molecule has 1 heterocycles. The fourth-order valence-corrected chi connectivity index (χ4v) is 1.74. The molecule has 0 radical (unpaired) electrons. The van der Waals surface area contributed by atoms with E-state index in [0.29, 0.717) is 16.1 Å². The van der Waals surface area contributed by atoms with Crippen LogP contribution in [0.3, 0.4) is 0 Å². The Balaban J connectivity index is 2.10. The van der Waals surface area contributed by atoms with E-state index in [1.165, 1.54) is 6.92 Å². The number of hydrogen-bond donors (Lipinski definition) is 1. The highest BCUT2D eigenvalue weighted by atomic mass is 79.9. The minimum Gasteiger partial charge on any atom is -0.444 e. The topological polar surface area (TPSA) is 68.5 Å². The summed E-state index contributed by atoms with van der Waals surface area (Å²) >= 11 is 3.12. The Labute approximate surface area is 117 Å². The highest BCUT2D eigenvalue weighted by molar-refractivity contribution is 9.10. The number of carbonyl (C=O) groups is 2. The molecule has 98 valence electrons. The van der Waals surface area contributed by atoms with E-state index in [0.717, 1.165) is 0 Å². The molecule has 0 aliphatic rings. The molecular formula is C13H10BrNO4. The summed E-state index contributed by atoms with van der Waals surface area (Å²) in [4.78, 5) is 22.7. The van der Waals surface area contributed by atoms with Crippen molar-refractivity contribution in [3.63, 3.8) is 0 Å². The Bertz CT molecular complexity index is 621. The van der Waals surface area contributed by atoms with Crippen LogP contribution in [0.5, 0.6) is 5.75 Å². The number of ether oxygens (including phenoxy) is 1. The number of esters is 1. The van der Waals surface area contributed by atoms with Crippen LogP contribution in [-0.2, 0) is 4.79 Å². The first-order valence-corrected chi connectivity index (χ1v) is 6.19. The zero-order chi connectivity index (χ0) is 13.8. The monoisotopic (exact) mass is 323 g/mol. The fourth-order valence-electron chi connectivity index (χ4n) is 1.43. The lowest BCUT2D eigenvalue weighted by Crippen LogP contribution is -2.11. The molecule has 0 fully saturated rings. The lowest BCUT2D eigenvalue weighted by molar-refractivity contribution is -0.131. The van der Waals surface area contributed by atoms with Crippen LogP contribution >= 0.6 is 15.9 Å². The Kier molecular flexibility index (Phi) is 4.01. The molecule has 0 spiro atoms. The summed E-state index contributed by atoms with van der Waals surface area (Å²) in [6, 6.07) is 9.71. The number of halogens is 1. The number of amides is 1. The lowest BCUT2D eigenvalue weighted by Gasteiger charge is -2.05. The van der Waals surface area contributed by atoms with Crippen LogP contribution in [0.1, 0.15) is 17.5 Å². The summed E-state index contributed by atoms with van der Waals surface area (Å²) in [5, 5.41) is 2.64. The number of carbonyl (C=O) groups excluding carboxylic acids is 2. The third-order valence-electron chi connectivity index (χ3n) is 2.15. The molecule has 19 heavy (non-hydrogen) atoms. The van der Waals surface area contributed by atoms with Gasteiger partial charge in [-0.05, 0) is 40.2 Å². The molecular weight excluding hydrogens is 314 g/mol. The van der Waals surface area contributed by atoms with Crippen LogP contribution in [0.2, 0.25) is 0 Å². The van der Waals surface area contributed by atoms with E-state index in [4.69, 9.17) is 9.15 Å². The summed E-state index contributed by atoms with van der Waals surface area (Å²) in [6.07, 6.45) is 0. The minimum atomic E-state index is -0.418. The van der Waals surface area contributed by atoms with Crippen LogP contribution in [0.25, 0.3) is 0 Å². The molecule has 0 bridgehead atoms. The molecule has 1 aromatic carbocycles. The molecule has 0 aliphatic carbocycles. The van der Waals surface area contributed by atoms with Crippen LogP contribution in [0.4, 0.5) is 5.69 Å². The smallest absolute Gasteiger partial charge is 0.308 e. The molecule has 0 saturated heterocycles. The van der Waals surface area contributed by atoms with Crippen LogP contribution in [-0.4, -0.2) is 11.9 Å². The van der Waals surface area contributed by atoms with Crippen molar-refractivity contribution >= 4 is 33.5 Å². The maximum atomic E-state index is 11.8. The van der Waals surface area contributed by atoms with Crippen molar-refractivity contribution < 1.29 is 18.7 Å². The standard InChI is InChI=1S/C13H10BrNO4/c1-8(16)18-10-4-2-3-9(7-10)15-13(17)11-5-6-12(14)19-11/h2-7H,1H3,(H,15,17). The molecule has 0 aliphatic heterocycles. The van der Waals surface area contributed by atoms with Crippen molar-refractivity contribution in [1.29, 1.82) is 0 Å². The fraction of sp³-hybridized carbons (Fsp3) is 0.0769. The quantitative estimate of drug-likeness (QED) is 0.695. The first-order chi connectivity index (χ1) is 9.04. The lowest BCUT2D eigenvalue weighted by atomic mass is 10.3. The van der Waals surface area contributed by atoms with Gasteiger partial charge in [-0.25, -0.2) is 0 Å². The molecule has 6 heteroatoms. The van der Waals surface area contributed by atoms with Crippen molar-refractivity contribution in [3.8, 4) is 5.75 Å². The highest BCUT2D eigenvalue weighted by Crippen LogP contribution is 2.19. The van der Waals surface area contributed by atoms with Crippen molar-refractivity contribution in [2.24, 2.45) is 0 Å². The van der Waals surface area contributed by atoms with E-state index in [1.54, 1.807) is 36.4 Å². The van der Waals surface area contributed by atoms with E-state index < -0.39 is 5.97 Å². The Morgan fingerprint density at radius 3 is 2.68 bits per heavy atom. The Morgan fingerprint density at radius 2 is 2.05 bits per heavy atom. The van der Waals surface area contributed by atoms with Gasteiger partial charge in [0.2, 0.25) is 0 Å². The molecule has 0 saturated carbocycles. The second-order valence-electron chi connectivity index (χ2n) is 3.68. The van der Waals surface area contributed by atoms with Crippen LogP contribution in [0, 0.1) is 0 Å². The van der Waals surface area contributed by atoms with E-state index in [-0.39, 0.29) is 11.7 Å². The van der Waals surface area contributed by atoms with Crippen LogP contribution in [0.15, 0.2) is 45.5 Å². The predicted molar refractivity (Wildman–Crippen MR) is 72.1 cm³/mol. The van der Waals surface area contributed by atoms with Crippen LogP contribution < -0.4 is 10.1 Å². The molecule has 5 nitrogen and oxygen atoms in total. The minimum absolute atomic E-state index is 0.185. The molecule has 1 amide bonds. The van der Waals surface area contributed by atoms with Gasteiger partial charge in [0.05, 0.1) is 0 Å². The van der Waals surface area contributed by atoms with Gasteiger partial charge in [-0.3, -0.25) is 9.59 Å². The number of hydrogen-bond acceptors (Lipinski definition) is 4. The van der Waals surface area contributed by atoms with Gasteiger partial charge in [0.1, 0.15) is 5.75 Å². The first kappa shape index (κ1) is 13.4. The number of anilines is 1. The zero-order valence-corrected chi connectivity index (χ0v) is 11.6. The maximum Gasteiger partial charge on any atom is 0.308 e. The molecule has 2 rings (SSSR count). The molecule has 0 unspecified atom stereocenters. The van der Waals surface area contributed by atoms with Crippen molar-refractivity contribution in [1.82, 2.24) is 0 Å². The van der Waals surface area contributed by atoms with Gasteiger partial charge in [0.15, 0.2) is 10.4 Å². The summed E-state index contributed by atoms with van der Waals surface area (Å²) < 4.78 is 10.5. The largest absolute Gasteiger partial charge is 0.444 e. The normalized spacial score (nSPS) is 10.0. The summed E-state index contributed by atoms with van der Waals surface area (Å²) in [5.41, 5.74) is 0.510. The third-order valence-corrected chi connectivity index (χ3v) is 2.58. The average Bonchev–Trinajstić information content (AvgIpc) is 2.75. The number of nitrogens with one attached hydrogen (secondary N) is 1. The maximum absolute atomic E-state index is 11.8. The summed E-state index contributed by atoms with van der Waals surface area (Å²) in [7, 11) is 0. The predicted octanol–water partition coefficient (Wildman–Crippen LogP) is 3.22. The van der Waals surface area contributed by atoms with Gasteiger partial charge in [-0.1, -0.05) is 6.07 Å². The van der Waals surface area contributed by atoms with Gasteiger partial charge in [0, 0.05) is 18.7 Å². The second kappa shape index (κ2) is 5.71. The first-order valence-electron chi connectivity index (χ1n) is 5.40. The summed E-state index contributed by atoms with van der Waals surface area (Å²) in [6.45, 7) is 1.31. The van der Waals surface area contributed by atoms with E-state index >= 15 is 0 Å². The second-order valence-corrected chi connectivity index (χ2v) is 4.46.